The summed E-state index contributed by atoms with van der Waals surface area (Å²) in [7, 11) is 0. The second kappa shape index (κ2) is 7.86. The molecule has 0 heterocycles. The molecule has 0 bridgehead atoms. The van der Waals surface area contributed by atoms with E-state index in [1.54, 1.807) is 30.6 Å². The van der Waals surface area contributed by atoms with Crippen molar-refractivity contribution in [2.24, 2.45) is 0 Å². The smallest absolute Gasteiger partial charge is 0.376 e. The summed E-state index contributed by atoms with van der Waals surface area (Å²) in [6, 6.07) is 6.64. The van der Waals surface area contributed by atoms with Gasteiger partial charge in [0.1, 0.15) is 0 Å². The molecule has 54 valence electrons. The predicted octanol–water partition coefficient (Wildman–Crippen LogP) is -0.748. The van der Waals surface area contributed by atoms with Crippen LogP contribution in [0.4, 0.5) is 0 Å². The van der Waals surface area contributed by atoms with E-state index in [0.717, 1.165) is 0 Å². The summed E-state index contributed by atoms with van der Waals surface area (Å²) < 4.78 is 0. The van der Waals surface area contributed by atoms with E-state index in [9.17, 15) is 4.79 Å². The Bertz CT molecular complexity index is 225. The fourth-order valence-corrected chi connectivity index (χ4v) is 0.742. The predicted molar refractivity (Wildman–Crippen MR) is 42.7 cm³/mol. The molecular formula is C8H7ClCsO-. The Balaban J connectivity index is 0. The molecule has 0 aromatic heterocycles. The molecule has 0 atom stereocenters. The van der Waals surface area contributed by atoms with Crippen LogP contribution in [0.2, 0.25) is 5.02 Å². The van der Waals surface area contributed by atoms with Gasteiger partial charge in [-0.15, -0.1) is 17.7 Å². The van der Waals surface area contributed by atoms with Crippen molar-refractivity contribution in [1.29, 1.82) is 0 Å². The van der Waals surface area contributed by atoms with E-state index in [2.05, 4.69) is 0 Å². The summed E-state index contributed by atoms with van der Waals surface area (Å²) in [5.74, 6) is 0. The molecular weight excluding hydrogens is 280 g/mol. The molecule has 0 radical (unpaired) electrons. The van der Waals surface area contributed by atoms with Crippen LogP contribution in [0.15, 0.2) is 24.3 Å². The Morgan fingerprint density at radius 2 is 2.00 bits per heavy atom. The molecule has 0 amide bonds. The van der Waals surface area contributed by atoms with Crippen LogP contribution < -0.4 is 68.9 Å². The van der Waals surface area contributed by atoms with E-state index in [1.165, 1.54) is 0 Å². The molecule has 0 unspecified atom stereocenters. The molecule has 0 spiro atoms. The third kappa shape index (κ3) is 5.47. The summed E-state index contributed by atoms with van der Waals surface area (Å²) in [5.41, 5.74) is 0.488. The van der Waals surface area contributed by atoms with Crippen LogP contribution in [-0.4, -0.2) is 6.29 Å². The maximum atomic E-state index is 9.98. The van der Waals surface area contributed by atoms with Crippen molar-refractivity contribution < 1.29 is 73.7 Å². The molecule has 0 fully saturated rings. The third-order valence-corrected chi connectivity index (χ3v) is 1.18. The molecule has 0 aliphatic heterocycles. The first-order valence-electron chi connectivity index (χ1n) is 2.46. The molecule has 1 nitrogen and oxygen atoms in total. The van der Waals surface area contributed by atoms with Gasteiger partial charge in [-0.3, -0.25) is 0 Å². The Morgan fingerprint density at radius 1 is 1.36 bits per heavy atom. The van der Waals surface area contributed by atoms with Gasteiger partial charge in [0.25, 0.3) is 0 Å². The molecule has 0 aliphatic carbocycles. The van der Waals surface area contributed by atoms with Crippen molar-refractivity contribution in [2.75, 3.05) is 0 Å². The normalized spacial score (nSPS) is 7.36. The summed E-state index contributed by atoms with van der Waals surface area (Å²) in [6.07, 6.45) is 1.73. The Kier molecular flexibility index (Phi) is 10.5. The second-order valence-corrected chi connectivity index (χ2v) is 2.05. The summed E-state index contributed by atoms with van der Waals surface area (Å²) in [5, 5.41) is 0.566. The molecule has 0 saturated carbocycles. The molecule has 1 rings (SSSR count). The number of hydrogen-bond donors (Lipinski definition) is 0. The van der Waals surface area contributed by atoms with Gasteiger partial charge in [0.2, 0.25) is 0 Å². The van der Waals surface area contributed by atoms with Gasteiger partial charge in [-0.05, 0) is 5.02 Å². The van der Waals surface area contributed by atoms with E-state index in [-0.39, 0.29) is 76.3 Å². The van der Waals surface area contributed by atoms with Crippen molar-refractivity contribution in [1.82, 2.24) is 0 Å². The van der Waals surface area contributed by atoms with E-state index in [1.807, 2.05) is 0 Å². The Hall–Kier alpha value is 1.23. The molecule has 1 aromatic carbocycles. The second-order valence-electron chi connectivity index (χ2n) is 1.61. The summed E-state index contributed by atoms with van der Waals surface area (Å²) >= 11 is 5.54. The number of benzene rings is 1. The van der Waals surface area contributed by atoms with Crippen LogP contribution in [0.3, 0.4) is 0 Å². The van der Waals surface area contributed by atoms with Crippen LogP contribution in [0.1, 0.15) is 5.56 Å². The van der Waals surface area contributed by atoms with Crippen molar-refractivity contribution in [3.8, 4) is 0 Å². The van der Waals surface area contributed by atoms with Crippen LogP contribution in [0.25, 0.3) is 0 Å². The first-order valence-corrected chi connectivity index (χ1v) is 2.84. The molecule has 1 aromatic rings. The minimum atomic E-state index is 0. The van der Waals surface area contributed by atoms with Gasteiger partial charge in [-0.2, -0.15) is 6.07 Å². The molecule has 0 saturated heterocycles. The molecule has 0 aliphatic rings. The fourth-order valence-electron chi connectivity index (χ4n) is 0.552. The van der Waals surface area contributed by atoms with Crippen molar-refractivity contribution in [2.45, 2.75) is 0 Å². The van der Waals surface area contributed by atoms with Gasteiger partial charge in [-0.1, -0.05) is 17.7 Å². The quantitative estimate of drug-likeness (QED) is 0.622. The fraction of sp³-hybridized carbons (Fsp3) is 0. The van der Waals surface area contributed by atoms with Gasteiger partial charge in [-0.25, -0.2) is 0 Å². The Labute approximate surface area is 131 Å². The van der Waals surface area contributed by atoms with Crippen molar-refractivity contribution >= 4 is 17.9 Å². The van der Waals surface area contributed by atoms with Gasteiger partial charge in [0, 0.05) is 0 Å². The minimum Gasteiger partial charge on any atom is -0.376 e. The molecule has 11 heavy (non-hydrogen) atoms. The minimum absolute atomic E-state index is 0. The van der Waals surface area contributed by atoms with Gasteiger partial charge in [0.15, 0.2) is 0 Å². The van der Waals surface area contributed by atoms with Crippen LogP contribution >= 0.6 is 11.6 Å². The maximum absolute atomic E-state index is 9.98. The summed E-state index contributed by atoms with van der Waals surface area (Å²) in [4.78, 5) is 9.98. The number of halogens is 1. The van der Waals surface area contributed by atoms with E-state index >= 15 is 0 Å². The Morgan fingerprint density at radius 3 is 2.36 bits per heavy atom. The average Bonchev–Trinajstić information content (AvgIpc) is 1.88. The average molecular weight is 288 g/mol. The number of rotatable bonds is 1. The zero-order valence-corrected chi connectivity index (χ0v) is 13.6. The van der Waals surface area contributed by atoms with Crippen LogP contribution in [-0.2, 0) is 4.79 Å². The monoisotopic (exact) mass is 287 g/mol. The largest absolute Gasteiger partial charge is 1.00 e. The topological polar surface area (TPSA) is 17.1 Å². The number of hydrogen-bond acceptors (Lipinski definition) is 1. The maximum Gasteiger partial charge on any atom is 1.00 e. The van der Waals surface area contributed by atoms with Crippen LogP contribution in [0, 0.1) is 7.43 Å². The van der Waals surface area contributed by atoms with Gasteiger partial charge >= 0.3 is 68.9 Å². The van der Waals surface area contributed by atoms with Crippen molar-refractivity contribution in [3.05, 3.63) is 42.3 Å². The first-order chi connectivity index (χ1) is 4.33. The zero-order chi connectivity index (χ0) is 6.69. The molecule has 0 N–H and O–H groups in total. The van der Waals surface area contributed by atoms with Crippen molar-refractivity contribution in [3.63, 3.8) is 0 Å². The van der Waals surface area contributed by atoms with E-state index in [0.29, 0.717) is 10.6 Å². The van der Waals surface area contributed by atoms with Gasteiger partial charge in [0.05, 0.1) is 6.29 Å². The summed E-state index contributed by atoms with van der Waals surface area (Å²) in [6.45, 7) is 0. The number of carbonyl (C=O) groups excluding carboxylic acids is 1. The molecule has 3 heteroatoms. The third-order valence-electron chi connectivity index (χ3n) is 0.942. The van der Waals surface area contributed by atoms with E-state index in [4.69, 9.17) is 11.6 Å². The standard InChI is InChI=1S/C7H4ClO.CH3.Cs/c8-7-3-1-2-6(4-7)5-9;;/h1-4H;1H3;/q2*-1;+1. The van der Waals surface area contributed by atoms with Crippen LogP contribution in [0.5, 0.6) is 0 Å². The zero-order valence-electron chi connectivity index (χ0n) is 6.60. The van der Waals surface area contributed by atoms with E-state index < -0.39 is 0 Å². The first kappa shape index (κ1) is 14.7. The SMILES string of the molecule is O=[C-]c1cccc(Cl)c1.[CH3-].[Cs+]. The van der Waals surface area contributed by atoms with Gasteiger partial charge < -0.3 is 12.2 Å².